The molecule has 0 aliphatic rings. The third-order valence-electron chi connectivity index (χ3n) is 0. The number of phosphoric acid groups is 1. The molecule has 0 bridgehead atoms. The van der Waals surface area contributed by atoms with E-state index in [0.29, 0.717) is 0 Å². The summed E-state index contributed by atoms with van der Waals surface area (Å²) in [6.07, 6.45) is 0. The normalized spacial score (nSPS) is 6.33. The fourth-order valence-corrected chi connectivity index (χ4v) is 0. The second-order valence-corrected chi connectivity index (χ2v) is 2.01. The van der Waals surface area contributed by atoms with Gasteiger partial charge in [0.15, 0.2) is 0 Å². The van der Waals surface area contributed by atoms with Gasteiger partial charge in [0.25, 0.3) is 0 Å². The van der Waals surface area contributed by atoms with Crippen LogP contribution in [0.5, 0.6) is 0 Å². The first-order valence-corrected chi connectivity index (χ1v) is 3.83. The van der Waals surface area contributed by atoms with E-state index in [-0.39, 0.29) is 308 Å². The minimum Gasteiger partial charge on any atom is -0.854 e. The first-order valence-electron chi connectivity index (χ1n) is 1.28. The van der Waals surface area contributed by atoms with Crippen molar-refractivity contribution in [2.75, 3.05) is 0 Å². The van der Waals surface area contributed by atoms with E-state index in [4.69, 9.17) is 33.9 Å². The molecule has 0 aromatic carbocycles. The van der Waals surface area contributed by atoms with Crippen molar-refractivity contribution in [1.29, 1.82) is 0 Å². The maximum absolute atomic E-state index is 8.55. The standard InChI is InChI=1S/6K.H3O4P.O3P/c;;;;;;1-5(2,3)4;1-4(2)3/h;;;;;;(H3,1,2,3,4);/q6*+1;;-3/p-3. The van der Waals surface area contributed by atoms with Crippen LogP contribution >= 0.6 is 16.4 Å². The summed E-state index contributed by atoms with van der Waals surface area (Å²) in [7, 11) is -8.76. The van der Waals surface area contributed by atoms with Crippen molar-refractivity contribution in [1.82, 2.24) is 0 Å². The Bertz CT molecular complexity index is 92.6. The van der Waals surface area contributed by atoms with Gasteiger partial charge in [-0.1, -0.05) is 0 Å². The van der Waals surface area contributed by atoms with Gasteiger partial charge in [0.1, 0.15) is 0 Å². The third kappa shape index (κ3) is 114. The molecule has 0 radical (unpaired) electrons. The Hall–Kier alpha value is 10.2. The molecule has 0 atom stereocenters. The summed E-state index contributed by atoms with van der Waals surface area (Å²) >= 11 is 0. The Morgan fingerprint density at radius 2 is 0.667 bits per heavy atom. The summed E-state index contributed by atoms with van der Waals surface area (Å²) in [5.41, 5.74) is 0. The zero-order chi connectivity index (χ0) is 8.08. The molecule has 0 aliphatic carbocycles. The van der Waals surface area contributed by atoms with Crippen LogP contribution in [-0.4, -0.2) is 0 Å². The van der Waals surface area contributed by atoms with Crippen LogP contribution in [0.2, 0.25) is 0 Å². The van der Waals surface area contributed by atoms with Crippen LogP contribution in [0.1, 0.15) is 0 Å². The number of hydrogen-bond donors (Lipinski definition) is 0. The van der Waals surface area contributed by atoms with Crippen LogP contribution in [0.3, 0.4) is 0 Å². The van der Waals surface area contributed by atoms with Gasteiger partial charge < -0.3 is 42.5 Å². The summed E-state index contributed by atoms with van der Waals surface area (Å²) in [5.74, 6) is 0. The Morgan fingerprint density at radius 3 is 0.667 bits per heavy atom. The van der Waals surface area contributed by atoms with Crippen LogP contribution in [0.4, 0.5) is 0 Å². The predicted octanol–water partition coefficient (Wildman–Crippen LogP) is -23.5. The second-order valence-electron chi connectivity index (χ2n) is 0.671. The minimum absolute atomic E-state index is 0. The molecule has 15 heavy (non-hydrogen) atoms. The first kappa shape index (κ1) is 49.9. The molecule has 15 heteroatoms. The summed E-state index contributed by atoms with van der Waals surface area (Å²) in [4.78, 5) is 51.1. The van der Waals surface area contributed by atoms with Crippen LogP contribution in [-0.2, 0) is 4.57 Å². The molecule has 0 spiro atoms. The topological polar surface area (TPSA) is 155 Å². The molecule has 0 aromatic heterocycles. The maximum Gasteiger partial charge on any atom is 1.00 e. The molecule has 0 heterocycles. The SMILES string of the molecule is O=P([O-])([O-])[O-].[K+].[K+].[K+].[K+].[K+].[K+].[O-]P([O-])[O-]. The molecular formula is K6O7P2. The minimum atomic E-state index is -5.39. The fraction of sp³-hybridized carbons (Fsp3) is 0. The maximum atomic E-state index is 8.55. The first-order chi connectivity index (χ1) is 3.73. The van der Waals surface area contributed by atoms with E-state index >= 15 is 0 Å². The van der Waals surface area contributed by atoms with Crippen molar-refractivity contribution in [3.05, 3.63) is 0 Å². The van der Waals surface area contributed by atoms with Gasteiger partial charge in [-0.3, -0.25) is 0 Å². The zero-order valence-corrected chi connectivity index (χ0v) is 30.3. The van der Waals surface area contributed by atoms with E-state index in [9.17, 15) is 0 Å². The summed E-state index contributed by atoms with van der Waals surface area (Å²) in [6, 6.07) is 0. The van der Waals surface area contributed by atoms with E-state index < -0.39 is 16.4 Å². The van der Waals surface area contributed by atoms with E-state index in [1.807, 2.05) is 0 Å². The average Bonchev–Trinajstić information content (AvgIpc) is 1.19. The smallest absolute Gasteiger partial charge is 0.854 e. The molecule has 0 aromatic rings. The molecule has 0 N–H and O–H groups in total. The van der Waals surface area contributed by atoms with Gasteiger partial charge in [-0.05, 0) is 0 Å². The van der Waals surface area contributed by atoms with Gasteiger partial charge in [-0.25, -0.2) is 0 Å². The summed E-state index contributed by atoms with van der Waals surface area (Å²) in [5, 5.41) is 0. The Morgan fingerprint density at radius 1 is 0.667 bits per heavy atom. The molecule has 0 amide bonds. The molecule has 0 saturated carbocycles. The summed E-state index contributed by atoms with van der Waals surface area (Å²) in [6.45, 7) is 0. The van der Waals surface area contributed by atoms with Crippen molar-refractivity contribution in [2.24, 2.45) is 0 Å². The molecule has 58 valence electrons. The van der Waals surface area contributed by atoms with Crippen molar-refractivity contribution >= 4 is 16.4 Å². The van der Waals surface area contributed by atoms with Gasteiger partial charge in [0.2, 0.25) is 0 Å². The van der Waals surface area contributed by atoms with Crippen LogP contribution in [0.25, 0.3) is 0 Å². The quantitative estimate of drug-likeness (QED) is 0.284. The zero-order valence-electron chi connectivity index (χ0n) is 9.75. The van der Waals surface area contributed by atoms with Gasteiger partial charge in [0.05, 0.1) is 0 Å². The third-order valence-corrected chi connectivity index (χ3v) is 0. The van der Waals surface area contributed by atoms with E-state index in [1.165, 1.54) is 0 Å². The average molecular weight is 409 g/mol. The molecule has 0 saturated heterocycles. The molecule has 0 unspecified atom stereocenters. The van der Waals surface area contributed by atoms with Crippen LogP contribution in [0.15, 0.2) is 0 Å². The number of hydrogen-bond acceptors (Lipinski definition) is 7. The molecule has 0 rings (SSSR count). The Kier molecular flexibility index (Phi) is 118. The molecular weight excluding hydrogens is 409 g/mol. The Labute approximate surface area is 345 Å². The van der Waals surface area contributed by atoms with Gasteiger partial charge in [-0.15, -0.1) is 0 Å². The second kappa shape index (κ2) is 35.4. The van der Waals surface area contributed by atoms with Gasteiger partial charge in [-0.2, -0.15) is 7.82 Å². The van der Waals surface area contributed by atoms with Gasteiger partial charge in [0, 0.05) is 0 Å². The van der Waals surface area contributed by atoms with Crippen molar-refractivity contribution < 1.29 is 342 Å². The van der Waals surface area contributed by atoms with Crippen LogP contribution in [0, 0.1) is 0 Å². The Balaban J connectivity index is -0.00000000785. The fourth-order valence-electron chi connectivity index (χ4n) is 0. The van der Waals surface area contributed by atoms with Crippen molar-refractivity contribution in [3.8, 4) is 0 Å². The van der Waals surface area contributed by atoms with E-state index in [0.717, 1.165) is 0 Å². The predicted molar refractivity (Wildman–Crippen MR) is 14.5 cm³/mol. The molecule has 0 fully saturated rings. The largest absolute Gasteiger partial charge is 1.00 e. The van der Waals surface area contributed by atoms with Crippen LogP contribution < -0.4 is 338 Å². The van der Waals surface area contributed by atoms with Gasteiger partial charge >= 0.3 is 308 Å². The molecule has 0 aliphatic heterocycles. The van der Waals surface area contributed by atoms with Crippen molar-refractivity contribution in [3.63, 3.8) is 0 Å². The number of rotatable bonds is 0. The van der Waals surface area contributed by atoms with Crippen molar-refractivity contribution in [2.45, 2.75) is 0 Å². The monoisotopic (exact) mass is 408 g/mol. The molecule has 7 nitrogen and oxygen atoms in total. The van der Waals surface area contributed by atoms with E-state index in [2.05, 4.69) is 0 Å². The van der Waals surface area contributed by atoms with E-state index in [1.54, 1.807) is 0 Å². The summed E-state index contributed by atoms with van der Waals surface area (Å²) < 4.78 is 8.55.